The zero-order valence-corrected chi connectivity index (χ0v) is 9.01. The van der Waals surface area contributed by atoms with Crippen molar-refractivity contribution in [3.63, 3.8) is 0 Å². The van der Waals surface area contributed by atoms with Gasteiger partial charge in [-0.1, -0.05) is 0 Å². The van der Waals surface area contributed by atoms with Gasteiger partial charge in [-0.3, -0.25) is 9.89 Å². The van der Waals surface area contributed by atoms with E-state index in [1.165, 1.54) is 0 Å². The van der Waals surface area contributed by atoms with Gasteiger partial charge in [0.25, 0.3) is 5.56 Å². The van der Waals surface area contributed by atoms with Gasteiger partial charge in [0.15, 0.2) is 0 Å². The lowest BCUT2D eigenvalue weighted by molar-refractivity contribution is 0.0690. The molecule has 0 saturated heterocycles. The van der Waals surface area contributed by atoms with E-state index in [9.17, 15) is 9.59 Å². The molecular weight excluding hydrogens is 224 g/mol. The molecule has 2 aromatic rings. The van der Waals surface area contributed by atoms with Crippen molar-refractivity contribution in [1.82, 2.24) is 9.78 Å². The standard InChI is InChI=1S/C11H10N2O4/c1-17-8-4-2-7(3-5-8)13-10(14)6-9(12-13)11(15)16/h2-6,12H,1H3,(H,15,16). The van der Waals surface area contributed by atoms with E-state index < -0.39 is 11.5 Å². The summed E-state index contributed by atoms with van der Waals surface area (Å²) in [7, 11) is 1.54. The topological polar surface area (TPSA) is 84.3 Å². The van der Waals surface area contributed by atoms with Gasteiger partial charge in [0, 0.05) is 6.07 Å². The van der Waals surface area contributed by atoms with Crippen LogP contribution < -0.4 is 10.3 Å². The van der Waals surface area contributed by atoms with Crippen LogP contribution in [0.2, 0.25) is 0 Å². The average molecular weight is 234 g/mol. The average Bonchev–Trinajstić information content (AvgIpc) is 2.72. The Hall–Kier alpha value is -2.50. The van der Waals surface area contributed by atoms with Gasteiger partial charge in [-0.25, -0.2) is 9.48 Å². The van der Waals surface area contributed by atoms with Crippen molar-refractivity contribution in [3.8, 4) is 11.4 Å². The summed E-state index contributed by atoms with van der Waals surface area (Å²) in [5.74, 6) is -0.513. The second-order valence-corrected chi connectivity index (χ2v) is 3.35. The monoisotopic (exact) mass is 234 g/mol. The number of hydrogen-bond donors (Lipinski definition) is 2. The molecule has 1 aromatic carbocycles. The molecule has 6 heteroatoms. The highest BCUT2D eigenvalue weighted by Crippen LogP contribution is 2.13. The number of benzene rings is 1. The first kappa shape index (κ1) is 11.0. The van der Waals surface area contributed by atoms with E-state index in [2.05, 4.69) is 5.10 Å². The third-order valence-electron chi connectivity index (χ3n) is 2.28. The molecule has 0 amide bonds. The van der Waals surface area contributed by atoms with Crippen molar-refractivity contribution in [2.24, 2.45) is 0 Å². The second-order valence-electron chi connectivity index (χ2n) is 3.35. The number of nitrogens with one attached hydrogen (secondary N) is 1. The maximum Gasteiger partial charge on any atom is 0.353 e. The highest BCUT2D eigenvalue weighted by molar-refractivity contribution is 5.85. The first-order chi connectivity index (χ1) is 8.11. The molecule has 0 atom stereocenters. The number of H-pyrrole nitrogens is 1. The molecule has 1 aromatic heterocycles. The fraction of sp³-hybridized carbons (Fsp3) is 0.0909. The van der Waals surface area contributed by atoms with Crippen LogP contribution in [0, 0.1) is 0 Å². The Bertz CT molecular complexity index is 595. The van der Waals surface area contributed by atoms with Gasteiger partial charge in [-0.15, -0.1) is 0 Å². The van der Waals surface area contributed by atoms with Crippen LogP contribution in [0.1, 0.15) is 10.5 Å². The van der Waals surface area contributed by atoms with Crippen LogP contribution in [-0.4, -0.2) is 28.0 Å². The molecule has 88 valence electrons. The van der Waals surface area contributed by atoms with E-state index in [-0.39, 0.29) is 5.69 Å². The van der Waals surface area contributed by atoms with E-state index >= 15 is 0 Å². The first-order valence-corrected chi connectivity index (χ1v) is 4.81. The molecule has 0 bridgehead atoms. The third kappa shape index (κ3) is 2.05. The Morgan fingerprint density at radius 1 is 1.35 bits per heavy atom. The first-order valence-electron chi connectivity index (χ1n) is 4.81. The van der Waals surface area contributed by atoms with E-state index in [1.807, 2.05) is 0 Å². The molecule has 0 aliphatic heterocycles. The quantitative estimate of drug-likeness (QED) is 0.825. The number of ether oxygens (including phenoxy) is 1. The molecule has 17 heavy (non-hydrogen) atoms. The molecule has 0 radical (unpaired) electrons. The van der Waals surface area contributed by atoms with Crippen LogP contribution in [0.25, 0.3) is 5.69 Å². The number of aromatic amines is 1. The number of aromatic nitrogens is 2. The lowest BCUT2D eigenvalue weighted by atomic mass is 10.3. The normalized spacial score (nSPS) is 10.2. The summed E-state index contributed by atoms with van der Waals surface area (Å²) in [6, 6.07) is 7.71. The molecular formula is C11H10N2O4. The van der Waals surface area contributed by atoms with Crippen molar-refractivity contribution in [2.45, 2.75) is 0 Å². The highest BCUT2D eigenvalue weighted by atomic mass is 16.5. The van der Waals surface area contributed by atoms with Crippen LogP contribution in [0.3, 0.4) is 0 Å². The van der Waals surface area contributed by atoms with Crippen LogP contribution in [0.4, 0.5) is 0 Å². The Kier molecular flexibility index (Phi) is 2.70. The lowest BCUT2D eigenvalue weighted by Gasteiger charge is -2.03. The van der Waals surface area contributed by atoms with E-state index in [0.717, 1.165) is 10.7 Å². The number of methoxy groups -OCH3 is 1. The van der Waals surface area contributed by atoms with Crippen molar-refractivity contribution in [2.75, 3.05) is 7.11 Å². The van der Waals surface area contributed by atoms with Crippen molar-refractivity contribution < 1.29 is 14.6 Å². The zero-order valence-electron chi connectivity index (χ0n) is 9.01. The number of rotatable bonds is 3. The third-order valence-corrected chi connectivity index (χ3v) is 2.28. The van der Waals surface area contributed by atoms with Gasteiger partial charge >= 0.3 is 5.97 Å². The fourth-order valence-corrected chi connectivity index (χ4v) is 1.43. The Labute approximate surface area is 96.1 Å². The number of nitrogens with zero attached hydrogens (tertiary/aromatic N) is 1. The molecule has 0 spiro atoms. The molecule has 0 aliphatic rings. The molecule has 2 rings (SSSR count). The zero-order chi connectivity index (χ0) is 12.4. The molecule has 0 aliphatic carbocycles. The Balaban J connectivity index is 2.45. The van der Waals surface area contributed by atoms with Gasteiger partial charge in [-0.2, -0.15) is 0 Å². The fourth-order valence-electron chi connectivity index (χ4n) is 1.43. The maximum absolute atomic E-state index is 11.5. The van der Waals surface area contributed by atoms with E-state index in [1.54, 1.807) is 31.4 Å². The number of hydrogen-bond acceptors (Lipinski definition) is 3. The van der Waals surface area contributed by atoms with Crippen LogP contribution in [-0.2, 0) is 0 Å². The van der Waals surface area contributed by atoms with Gasteiger partial charge in [-0.05, 0) is 24.3 Å². The summed E-state index contributed by atoms with van der Waals surface area (Å²) in [6.07, 6.45) is 0. The Morgan fingerprint density at radius 3 is 2.47 bits per heavy atom. The van der Waals surface area contributed by atoms with Gasteiger partial charge in [0.2, 0.25) is 0 Å². The Morgan fingerprint density at radius 2 is 2.00 bits per heavy atom. The summed E-state index contributed by atoms with van der Waals surface area (Å²) < 4.78 is 6.14. The van der Waals surface area contributed by atoms with Gasteiger partial charge in [0.1, 0.15) is 11.4 Å². The number of aromatic carboxylic acids is 1. The molecule has 1 heterocycles. The maximum atomic E-state index is 11.5. The molecule has 0 saturated carbocycles. The molecule has 6 nitrogen and oxygen atoms in total. The number of carboxylic acid groups (broad SMARTS) is 1. The largest absolute Gasteiger partial charge is 0.497 e. The molecule has 0 fully saturated rings. The van der Waals surface area contributed by atoms with Crippen LogP contribution in [0.15, 0.2) is 35.1 Å². The predicted molar refractivity (Wildman–Crippen MR) is 59.9 cm³/mol. The second kappa shape index (κ2) is 4.17. The minimum absolute atomic E-state index is 0.147. The SMILES string of the molecule is COc1ccc(-n2[nH]c(C(=O)O)cc2=O)cc1. The summed E-state index contributed by atoms with van der Waals surface area (Å²) >= 11 is 0. The molecule has 2 N–H and O–H groups in total. The lowest BCUT2D eigenvalue weighted by Crippen LogP contribution is -2.13. The van der Waals surface area contributed by atoms with Gasteiger partial charge < -0.3 is 9.84 Å². The summed E-state index contributed by atoms with van der Waals surface area (Å²) in [6.45, 7) is 0. The van der Waals surface area contributed by atoms with Crippen LogP contribution >= 0.6 is 0 Å². The predicted octanol–water partition coefficient (Wildman–Crippen LogP) is 0.872. The highest BCUT2D eigenvalue weighted by Gasteiger charge is 2.10. The van der Waals surface area contributed by atoms with Crippen LogP contribution in [0.5, 0.6) is 5.75 Å². The van der Waals surface area contributed by atoms with Crippen molar-refractivity contribution >= 4 is 5.97 Å². The minimum atomic E-state index is -1.17. The smallest absolute Gasteiger partial charge is 0.353 e. The molecule has 0 unspecified atom stereocenters. The van der Waals surface area contributed by atoms with E-state index in [4.69, 9.17) is 9.84 Å². The van der Waals surface area contributed by atoms with Crippen molar-refractivity contribution in [3.05, 3.63) is 46.4 Å². The summed E-state index contributed by atoms with van der Waals surface area (Å²) in [5, 5.41) is 11.2. The number of carboxylic acids is 1. The van der Waals surface area contributed by atoms with Gasteiger partial charge in [0.05, 0.1) is 12.8 Å². The van der Waals surface area contributed by atoms with E-state index in [0.29, 0.717) is 11.4 Å². The minimum Gasteiger partial charge on any atom is -0.497 e. The number of carbonyl (C=O) groups is 1. The summed E-state index contributed by atoms with van der Waals surface area (Å²) in [4.78, 5) is 22.2. The summed E-state index contributed by atoms with van der Waals surface area (Å²) in [5.41, 5.74) is -0.0262. The van der Waals surface area contributed by atoms with Crippen molar-refractivity contribution in [1.29, 1.82) is 0 Å².